The fourth-order valence-electron chi connectivity index (χ4n) is 1.68. The minimum Gasteiger partial charge on any atom is -0.368 e. The van der Waals surface area contributed by atoms with Crippen molar-refractivity contribution >= 4 is 21.6 Å². The van der Waals surface area contributed by atoms with Crippen LogP contribution in [0.3, 0.4) is 0 Å². The predicted octanol–water partition coefficient (Wildman–Crippen LogP) is 0.943. The molecule has 2 N–H and O–H groups in total. The third-order valence-corrected chi connectivity index (χ3v) is 4.11. The van der Waals surface area contributed by atoms with Crippen LogP contribution in [0.25, 0.3) is 0 Å². The first-order valence-corrected chi connectivity index (χ1v) is 7.35. The van der Waals surface area contributed by atoms with Gasteiger partial charge in [0.1, 0.15) is 6.04 Å². The van der Waals surface area contributed by atoms with Crippen molar-refractivity contribution in [3.05, 3.63) is 29.3 Å². The van der Waals surface area contributed by atoms with Gasteiger partial charge in [0.15, 0.2) is 0 Å². The lowest BCUT2D eigenvalue weighted by Crippen LogP contribution is -2.45. The number of amides is 1. The van der Waals surface area contributed by atoms with Crippen molar-refractivity contribution < 1.29 is 13.2 Å². The van der Waals surface area contributed by atoms with Crippen LogP contribution in [0.1, 0.15) is 18.1 Å². The Labute approximate surface area is 108 Å². The van der Waals surface area contributed by atoms with Gasteiger partial charge in [0, 0.05) is 0 Å². The van der Waals surface area contributed by atoms with Gasteiger partial charge >= 0.3 is 0 Å². The quantitative estimate of drug-likeness (QED) is 0.884. The van der Waals surface area contributed by atoms with E-state index in [1.165, 1.54) is 6.92 Å². The fraction of sp³-hybridized carbons (Fsp3) is 0.417. The zero-order valence-electron chi connectivity index (χ0n) is 11.0. The molecule has 0 aliphatic rings. The van der Waals surface area contributed by atoms with Gasteiger partial charge in [-0.1, -0.05) is 6.07 Å². The molecule has 0 aliphatic carbocycles. The number of primary amides is 1. The standard InChI is InChI=1S/C12H18N2O3S/c1-8-5-6-11(7-9(8)2)14(18(4,16)17)10(3)12(13)15/h5-7,10H,1-4H3,(H2,13,15)/t10-/m1/s1. The van der Waals surface area contributed by atoms with E-state index in [-0.39, 0.29) is 0 Å². The Kier molecular flexibility index (Phi) is 4.01. The maximum absolute atomic E-state index is 11.8. The molecule has 18 heavy (non-hydrogen) atoms. The van der Waals surface area contributed by atoms with Crippen LogP contribution in [0.2, 0.25) is 0 Å². The molecule has 0 spiro atoms. The van der Waals surface area contributed by atoms with Crippen molar-refractivity contribution in [2.45, 2.75) is 26.8 Å². The lowest BCUT2D eigenvalue weighted by molar-refractivity contribution is -0.118. The van der Waals surface area contributed by atoms with Crippen molar-refractivity contribution in [1.29, 1.82) is 0 Å². The molecular formula is C12H18N2O3S. The highest BCUT2D eigenvalue weighted by atomic mass is 32.2. The van der Waals surface area contributed by atoms with E-state index in [4.69, 9.17) is 5.73 Å². The largest absolute Gasteiger partial charge is 0.368 e. The summed E-state index contributed by atoms with van der Waals surface area (Å²) in [4.78, 5) is 11.2. The number of hydrogen-bond acceptors (Lipinski definition) is 3. The van der Waals surface area contributed by atoms with E-state index in [9.17, 15) is 13.2 Å². The molecule has 100 valence electrons. The number of sulfonamides is 1. The number of rotatable bonds is 4. The Morgan fingerprint density at radius 3 is 2.22 bits per heavy atom. The molecule has 1 amide bonds. The Bertz CT molecular complexity index is 567. The molecule has 0 heterocycles. The van der Waals surface area contributed by atoms with Crippen LogP contribution < -0.4 is 10.0 Å². The van der Waals surface area contributed by atoms with Gasteiger partial charge in [-0.15, -0.1) is 0 Å². The molecule has 0 radical (unpaired) electrons. The van der Waals surface area contributed by atoms with E-state index in [0.717, 1.165) is 21.7 Å². The molecule has 1 atom stereocenters. The number of anilines is 1. The normalized spacial score (nSPS) is 13.1. The average molecular weight is 270 g/mol. The van der Waals surface area contributed by atoms with E-state index in [0.29, 0.717) is 5.69 Å². The maximum atomic E-state index is 11.8. The second-order valence-corrected chi connectivity index (χ2v) is 6.27. The molecule has 0 aliphatic heterocycles. The number of benzene rings is 1. The van der Waals surface area contributed by atoms with Crippen LogP contribution in [-0.4, -0.2) is 26.6 Å². The number of carbonyl (C=O) groups excluding carboxylic acids is 1. The van der Waals surface area contributed by atoms with Gasteiger partial charge in [0.2, 0.25) is 15.9 Å². The van der Waals surface area contributed by atoms with Crippen molar-refractivity contribution in [3.8, 4) is 0 Å². The summed E-state index contributed by atoms with van der Waals surface area (Å²) in [5, 5.41) is 0. The summed E-state index contributed by atoms with van der Waals surface area (Å²) in [7, 11) is -3.56. The Balaban J connectivity index is 3.36. The summed E-state index contributed by atoms with van der Waals surface area (Å²) in [6, 6.07) is 4.30. The van der Waals surface area contributed by atoms with Gasteiger partial charge in [-0.25, -0.2) is 8.42 Å². The lowest BCUT2D eigenvalue weighted by atomic mass is 10.1. The first-order valence-electron chi connectivity index (χ1n) is 5.50. The third-order valence-electron chi connectivity index (χ3n) is 2.87. The zero-order chi connectivity index (χ0) is 14.1. The monoisotopic (exact) mass is 270 g/mol. The molecule has 0 saturated carbocycles. The van der Waals surface area contributed by atoms with Crippen LogP contribution in [0.15, 0.2) is 18.2 Å². The van der Waals surface area contributed by atoms with Gasteiger partial charge in [0.05, 0.1) is 11.9 Å². The molecule has 1 rings (SSSR count). The van der Waals surface area contributed by atoms with Crippen molar-refractivity contribution in [3.63, 3.8) is 0 Å². The van der Waals surface area contributed by atoms with Crippen molar-refractivity contribution in [2.24, 2.45) is 5.73 Å². The van der Waals surface area contributed by atoms with E-state index in [1.54, 1.807) is 12.1 Å². The molecule has 5 nitrogen and oxygen atoms in total. The number of nitrogens with zero attached hydrogens (tertiary/aromatic N) is 1. The predicted molar refractivity (Wildman–Crippen MR) is 71.9 cm³/mol. The van der Waals surface area contributed by atoms with Crippen LogP contribution in [0.4, 0.5) is 5.69 Å². The van der Waals surface area contributed by atoms with Crippen LogP contribution >= 0.6 is 0 Å². The SMILES string of the molecule is Cc1ccc(N([C@H](C)C(N)=O)S(C)(=O)=O)cc1C. The highest BCUT2D eigenvalue weighted by Crippen LogP contribution is 2.23. The van der Waals surface area contributed by atoms with Crippen molar-refractivity contribution in [1.82, 2.24) is 0 Å². The van der Waals surface area contributed by atoms with E-state index < -0.39 is 22.0 Å². The van der Waals surface area contributed by atoms with Gasteiger partial charge in [-0.05, 0) is 44.0 Å². The number of hydrogen-bond donors (Lipinski definition) is 1. The lowest BCUT2D eigenvalue weighted by Gasteiger charge is -2.27. The summed E-state index contributed by atoms with van der Waals surface area (Å²) in [5.41, 5.74) is 7.66. The molecule has 1 aromatic carbocycles. The number of carbonyl (C=O) groups is 1. The summed E-state index contributed by atoms with van der Waals surface area (Å²) >= 11 is 0. The Morgan fingerprint density at radius 1 is 1.28 bits per heavy atom. The van der Waals surface area contributed by atoms with E-state index in [1.807, 2.05) is 19.9 Å². The number of aryl methyl sites for hydroxylation is 2. The average Bonchev–Trinajstić information content (AvgIpc) is 2.21. The minimum absolute atomic E-state index is 0.451. The van der Waals surface area contributed by atoms with Crippen molar-refractivity contribution in [2.75, 3.05) is 10.6 Å². The second kappa shape index (κ2) is 4.97. The Hall–Kier alpha value is -1.56. The molecule has 1 aromatic rings. The molecule has 6 heteroatoms. The molecule has 0 bridgehead atoms. The topological polar surface area (TPSA) is 80.5 Å². The zero-order valence-corrected chi connectivity index (χ0v) is 11.8. The second-order valence-electron chi connectivity index (χ2n) is 4.41. The summed E-state index contributed by atoms with van der Waals surface area (Å²) in [5.74, 6) is -0.682. The van der Waals surface area contributed by atoms with Gasteiger partial charge < -0.3 is 5.73 Å². The minimum atomic E-state index is -3.56. The summed E-state index contributed by atoms with van der Waals surface area (Å²) < 4.78 is 24.6. The molecule has 0 aromatic heterocycles. The maximum Gasteiger partial charge on any atom is 0.241 e. The van der Waals surface area contributed by atoms with Crippen LogP contribution in [0, 0.1) is 13.8 Å². The third kappa shape index (κ3) is 3.01. The molecule has 0 saturated heterocycles. The van der Waals surface area contributed by atoms with Gasteiger partial charge in [-0.3, -0.25) is 9.10 Å². The van der Waals surface area contributed by atoms with E-state index >= 15 is 0 Å². The smallest absolute Gasteiger partial charge is 0.241 e. The molecular weight excluding hydrogens is 252 g/mol. The van der Waals surface area contributed by atoms with Crippen LogP contribution in [-0.2, 0) is 14.8 Å². The Morgan fingerprint density at radius 2 is 1.83 bits per heavy atom. The summed E-state index contributed by atoms with van der Waals surface area (Å²) in [6.07, 6.45) is 1.06. The first kappa shape index (κ1) is 14.5. The highest BCUT2D eigenvalue weighted by Gasteiger charge is 2.27. The van der Waals surface area contributed by atoms with Crippen LogP contribution in [0.5, 0.6) is 0 Å². The number of nitrogens with two attached hydrogens (primary N) is 1. The molecule has 0 fully saturated rings. The fourth-order valence-corrected chi connectivity index (χ4v) is 2.86. The van der Waals surface area contributed by atoms with Gasteiger partial charge in [0.25, 0.3) is 0 Å². The first-order chi connectivity index (χ1) is 8.14. The van der Waals surface area contributed by atoms with Gasteiger partial charge in [-0.2, -0.15) is 0 Å². The summed E-state index contributed by atoms with van der Waals surface area (Å²) in [6.45, 7) is 5.29. The van der Waals surface area contributed by atoms with E-state index in [2.05, 4.69) is 0 Å². The molecule has 0 unspecified atom stereocenters. The highest BCUT2D eigenvalue weighted by molar-refractivity contribution is 7.92.